The first kappa shape index (κ1) is 16.8. The molecule has 2 rings (SSSR count). The van der Waals surface area contributed by atoms with E-state index in [2.05, 4.69) is 63.6 Å². The van der Waals surface area contributed by atoms with Crippen LogP contribution in [-0.4, -0.2) is 31.6 Å². The first-order valence-electron chi connectivity index (χ1n) is 7.53. The van der Waals surface area contributed by atoms with Gasteiger partial charge in [0.15, 0.2) is 0 Å². The number of nitrogens with zero attached hydrogens (tertiary/aromatic N) is 1. The second-order valence-corrected chi connectivity index (χ2v) is 6.66. The fourth-order valence-corrected chi connectivity index (χ4v) is 2.14. The molecular weight excluding hydrogens is 275 g/mol. The molecule has 0 amide bonds. The van der Waals surface area contributed by atoms with Crippen LogP contribution in [0.15, 0.2) is 35.6 Å². The van der Waals surface area contributed by atoms with E-state index in [9.17, 15) is 0 Å². The number of aliphatic imine (C=N–C) groups is 1. The highest BCUT2D eigenvalue weighted by Gasteiger charge is 2.51. The Morgan fingerprint density at radius 1 is 1.23 bits per heavy atom. The number of hydrogen-bond donors (Lipinski definition) is 1. The normalized spacial score (nSPS) is 19.6. The lowest BCUT2D eigenvalue weighted by atomic mass is 9.78. The molecule has 1 heterocycles. The van der Waals surface area contributed by atoms with Crippen molar-refractivity contribution in [1.29, 1.82) is 0 Å². The fourth-order valence-electron chi connectivity index (χ4n) is 2.14. The van der Waals surface area contributed by atoms with E-state index < -0.39 is 0 Å². The lowest BCUT2D eigenvalue weighted by Gasteiger charge is -2.32. The van der Waals surface area contributed by atoms with Crippen molar-refractivity contribution in [3.63, 3.8) is 0 Å². The molecule has 0 aliphatic carbocycles. The van der Waals surface area contributed by atoms with Crippen LogP contribution in [0.2, 0.25) is 0 Å². The van der Waals surface area contributed by atoms with E-state index in [4.69, 9.17) is 9.31 Å². The minimum Gasteiger partial charge on any atom is -0.399 e. The van der Waals surface area contributed by atoms with Crippen molar-refractivity contribution in [1.82, 2.24) is 5.32 Å². The summed E-state index contributed by atoms with van der Waals surface area (Å²) in [6, 6.07) is 6.16. The quantitative estimate of drug-likeness (QED) is 0.686. The topological polar surface area (TPSA) is 42.9 Å². The Morgan fingerprint density at radius 2 is 1.82 bits per heavy atom. The van der Waals surface area contributed by atoms with Gasteiger partial charge in [-0.05, 0) is 51.2 Å². The van der Waals surface area contributed by atoms with Gasteiger partial charge in [-0.3, -0.25) is 0 Å². The van der Waals surface area contributed by atoms with Crippen LogP contribution in [0.4, 0.5) is 0 Å². The first-order chi connectivity index (χ1) is 10.2. The van der Waals surface area contributed by atoms with Crippen LogP contribution in [0.25, 0.3) is 0 Å². The minimum absolute atomic E-state index is 0.336. The van der Waals surface area contributed by atoms with Crippen LogP contribution >= 0.6 is 0 Å². The molecule has 1 aliphatic heterocycles. The van der Waals surface area contributed by atoms with Crippen molar-refractivity contribution in [3.8, 4) is 0 Å². The summed E-state index contributed by atoms with van der Waals surface area (Å²) in [5.41, 5.74) is 2.51. The summed E-state index contributed by atoms with van der Waals surface area (Å²) in [5, 5.41) is 2.90. The third-order valence-corrected chi connectivity index (χ3v) is 4.48. The van der Waals surface area contributed by atoms with E-state index in [1.165, 1.54) is 0 Å². The van der Waals surface area contributed by atoms with E-state index in [1.54, 1.807) is 7.05 Å². The maximum atomic E-state index is 6.10. The van der Waals surface area contributed by atoms with E-state index in [-0.39, 0.29) is 18.3 Å². The maximum absolute atomic E-state index is 6.10. The Hall–Kier alpha value is -1.59. The molecule has 4 nitrogen and oxygen atoms in total. The Balaban J connectivity index is 2.27. The summed E-state index contributed by atoms with van der Waals surface area (Å²) in [7, 11) is 1.44. The second-order valence-electron chi connectivity index (χ2n) is 6.66. The zero-order chi connectivity index (χ0) is 16.5. The molecule has 0 atom stereocenters. The Bertz CT molecular complexity index is 593. The van der Waals surface area contributed by atoms with Crippen LogP contribution in [0.5, 0.6) is 0 Å². The molecule has 1 aromatic rings. The molecule has 1 aromatic carbocycles. The van der Waals surface area contributed by atoms with E-state index in [0.717, 1.165) is 16.6 Å². The summed E-state index contributed by atoms with van der Waals surface area (Å²) < 4.78 is 12.2. The van der Waals surface area contributed by atoms with E-state index >= 15 is 0 Å². The molecule has 0 saturated carbocycles. The second kappa shape index (κ2) is 5.90. The number of aryl methyl sites for hydroxylation is 1. The summed E-state index contributed by atoms with van der Waals surface area (Å²) in [4.78, 5) is 4.29. The largest absolute Gasteiger partial charge is 0.494 e. The minimum atomic E-state index is -0.356. The fraction of sp³-hybridized carbons (Fsp3) is 0.471. The van der Waals surface area contributed by atoms with Crippen LogP contribution in [0.1, 0.15) is 38.8 Å². The van der Waals surface area contributed by atoms with Crippen LogP contribution in [0, 0.1) is 6.92 Å². The summed E-state index contributed by atoms with van der Waals surface area (Å²) in [5.74, 6) is 0.625. The van der Waals surface area contributed by atoms with Gasteiger partial charge in [0.2, 0.25) is 0 Å². The highest BCUT2D eigenvalue weighted by molar-refractivity contribution is 6.62. The van der Waals surface area contributed by atoms with Gasteiger partial charge in [0.25, 0.3) is 0 Å². The highest BCUT2D eigenvalue weighted by Crippen LogP contribution is 2.36. The van der Waals surface area contributed by atoms with Gasteiger partial charge in [-0.15, -0.1) is 0 Å². The van der Waals surface area contributed by atoms with Crippen molar-refractivity contribution >= 4 is 18.8 Å². The van der Waals surface area contributed by atoms with Crippen molar-refractivity contribution < 1.29 is 9.31 Å². The van der Waals surface area contributed by atoms with Crippen molar-refractivity contribution in [3.05, 3.63) is 41.7 Å². The predicted molar refractivity (Wildman–Crippen MR) is 92.7 cm³/mol. The molecular formula is C17H25BN2O2. The molecule has 0 bridgehead atoms. The predicted octanol–water partition coefficient (Wildman–Crippen LogP) is 2.40. The van der Waals surface area contributed by atoms with Gasteiger partial charge in [-0.2, -0.15) is 0 Å². The molecule has 1 saturated heterocycles. The summed E-state index contributed by atoms with van der Waals surface area (Å²) >= 11 is 0. The third kappa shape index (κ3) is 3.26. The molecule has 1 N–H and O–H groups in total. The summed E-state index contributed by atoms with van der Waals surface area (Å²) in [6.45, 7) is 14.1. The number of nitrogens with one attached hydrogen (secondary N) is 1. The van der Waals surface area contributed by atoms with Crippen LogP contribution < -0.4 is 10.8 Å². The first-order valence-corrected chi connectivity index (χ1v) is 7.53. The smallest absolute Gasteiger partial charge is 0.399 e. The van der Waals surface area contributed by atoms with Gasteiger partial charge >= 0.3 is 7.12 Å². The monoisotopic (exact) mass is 300 g/mol. The molecule has 1 fully saturated rings. The van der Waals surface area contributed by atoms with Crippen molar-refractivity contribution in [2.75, 3.05) is 7.05 Å². The maximum Gasteiger partial charge on any atom is 0.494 e. The number of rotatable bonds is 4. The lowest BCUT2D eigenvalue weighted by Crippen LogP contribution is -2.41. The zero-order valence-electron chi connectivity index (χ0n) is 14.4. The average Bonchev–Trinajstić information content (AvgIpc) is 2.66. The third-order valence-electron chi connectivity index (χ3n) is 4.48. The van der Waals surface area contributed by atoms with Crippen molar-refractivity contribution in [2.45, 2.75) is 45.8 Å². The molecule has 118 valence electrons. The molecule has 22 heavy (non-hydrogen) atoms. The van der Waals surface area contributed by atoms with Gasteiger partial charge < -0.3 is 14.6 Å². The highest BCUT2D eigenvalue weighted by atomic mass is 16.7. The Labute approximate surface area is 133 Å². The van der Waals surface area contributed by atoms with E-state index in [1.807, 2.05) is 12.3 Å². The van der Waals surface area contributed by atoms with Gasteiger partial charge in [0, 0.05) is 13.3 Å². The Morgan fingerprint density at radius 3 is 2.36 bits per heavy atom. The van der Waals surface area contributed by atoms with Gasteiger partial charge in [0.05, 0.1) is 11.2 Å². The van der Waals surface area contributed by atoms with Gasteiger partial charge in [0.1, 0.15) is 5.82 Å². The standard InChI is InChI=1S/C17H25BN2O2/c1-12-8-9-15(10-14(12)11-20-13(2)19-7)18-21-16(3,4)17(5,6)22-18/h8-11,19H,2H2,1,3-7H3/b20-11-. The molecule has 1 aliphatic rings. The van der Waals surface area contributed by atoms with E-state index in [0.29, 0.717) is 5.82 Å². The zero-order valence-corrected chi connectivity index (χ0v) is 14.4. The SMILES string of the molecule is C=C(/N=C\c1cc(B2OC(C)(C)C(C)(C)O2)ccc1C)NC. The molecule has 0 unspecified atom stereocenters. The average molecular weight is 300 g/mol. The number of hydrogen-bond acceptors (Lipinski definition) is 4. The molecule has 5 heteroatoms. The van der Waals surface area contributed by atoms with Crippen molar-refractivity contribution in [2.24, 2.45) is 4.99 Å². The molecule has 0 spiro atoms. The molecule has 0 radical (unpaired) electrons. The lowest BCUT2D eigenvalue weighted by molar-refractivity contribution is 0.00578. The van der Waals surface area contributed by atoms with Crippen LogP contribution in [-0.2, 0) is 9.31 Å². The van der Waals surface area contributed by atoms with Crippen LogP contribution in [0.3, 0.4) is 0 Å². The molecule has 0 aromatic heterocycles. The number of benzene rings is 1. The summed E-state index contributed by atoms with van der Waals surface area (Å²) in [6.07, 6.45) is 1.81. The Kier molecular flexibility index (Phi) is 4.50. The van der Waals surface area contributed by atoms with Gasteiger partial charge in [-0.25, -0.2) is 4.99 Å². The van der Waals surface area contributed by atoms with Gasteiger partial charge in [-0.1, -0.05) is 24.8 Å².